The first-order valence-electron chi connectivity index (χ1n) is 4.44. The van der Waals surface area contributed by atoms with Crippen molar-refractivity contribution in [1.29, 1.82) is 0 Å². The van der Waals surface area contributed by atoms with Crippen LogP contribution >= 0.6 is 0 Å². The standard InChI is InChI=1S/C6H4F2.C4H8FN/c7-5-1-2-6(8)4-3-5;5-4-1-2-6-3-4/h1-4H;4,6H,1-3H2. The van der Waals surface area contributed by atoms with E-state index in [0.29, 0.717) is 13.0 Å². The van der Waals surface area contributed by atoms with E-state index in [0.717, 1.165) is 30.8 Å². The summed E-state index contributed by atoms with van der Waals surface area (Å²) in [4.78, 5) is 0. The molecule has 0 amide bonds. The molecule has 78 valence electrons. The molecule has 1 aromatic carbocycles. The largest absolute Gasteiger partial charge is 0.314 e. The second-order valence-corrected chi connectivity index (χ2v) is 3.03. The SMILES string of the molecule is FC1CCNC1.Fc1ccc(F)cc1. The normalized spacial score (nSPS) is 20.1. The van der Waals surface area contributed by atoms with E-state index in [1.54, 1.807) is 0 Å². The number of halogens is 3. The molecule has 2 rings (SSSR count). The molecule has 0 radical (unpaired) electrons. The van der Waals surface area contributed by atoms with Gasteiger partial charge in [0.15, 0.2) is 0 Å². The number of rotatable bonds is 0. The monoisotopic (exact) mass is 203 g/mol. The molecule has 4 heteroatoms. The van der Waals surface area contributed by atoms with Crippen LogP contribution in [0.3, 0.4) is 0 Å². The third-order valence-electron chi connectivity index (χ3n) is 1.80. The van der Waals surface area contributed by atoms with Crippen molar-refractivity contribution >= 4 is 0 Å². The van der Waals surface area contributed by atoms with Crippen LogP contribution in [0.1, 0.15) is 6.42 Å². The molecule has 1 aromatic rings. The first-order valence-corrected chi connectivity index (χ1v) is 4.44. The van der Waals surface area contributed by atoms with E-state index in [9.17, 15) is 13.2 Å². The van der Waals surface area contributed by atoms with Crippen molar-refractivity contribution in [2.75, 3.05) is 13.1 Å². The first kappa shape index (κ1) is 11.0. The van der Waals surface area contributed by atoms with E-state index in [1.165, 1.54) is 0 Å². The van der Waals surface area contributed by atoms with Crippen LogP contribution in [0.4, 0.5) is 13.2 Å². The number of hydrogen-bond acceptors (Lipinski definition) is 1. The zero-order valence-electron chi connectivity index (χ0n) is 7.64. The van der Waals surface area contributed by atoms with Crippen molar-refractivity contribution in [3.63, 3.8) is 0 Å². The Hall–Kier alpha value is -1.03. The van der Waals surface area contributed by atoms with Crippen molar-refractivity contribution in [2.45, 2.75) is 12.6 Å². The van der Waals surface area contributed by atoms with Gasteiger partial charge in [-0.05, 0) is 37.2 Å². The molecule has 1 unspecified atom stereocenters. The van der Waals surface area contributed by atoms with Crippen LogP contribution in [0, 0.1) is 11.6 Å². The molecule has 0 aliphatic carbocycles. The topological polar surface area (TPSA) is 12.0 Å². The third kappa shape index (κ3) is 4.28. The fourth-order valence-corrected chi connectivity index (χ4v) is 1.05. The van der Waals surface area contributed by atoms with Crippen LogP contribution in [0.25, 0.3) is 0 Å². The highest BCUT2D eigenvalue weighted by molar-refractivity contribution is 5.04. The van der Waals surface area contributed by atoms with Gasteiger partial charge in [-0.25, -0.2) is 13.2 Å². The summed E-state index contributed by atoms with van der Waals surface area (Å²) in [5.74, 6) is -0.821. The van der Waals surface area contributed by atoms with Crippen LogP contribution in [0.15, 0.2) is 24.3 Å². The Bertz CT molecular complexity index is 234. The molecule has 1 saturated heterocycles. The average Bonchev–Trinajstić information content (AvgIpc) is 2.63. The summed E-state index contributed by atoms with van der Waals surface area (Å²) in [6.45, 7) is 1.43. The maximum Gasteiger partial charge on any atom is 0.123 e. The molecule has 1 heterocycles. The molecule has 0 spiro atoms. The quantitative estimate of drug-likeness (QED) is 0.682. The van der Waals surface area contributed by atoms with Gasteiger partial charge in [0.2, 0.25) is 0 Å². The van der Waals surface area contributed by atoms with Gasteiger partial charge in [0, 0.05) is 6.54 Å². The predicted molar refractivity (Wildman–Crippen MR) is 48.7 cm³/mol. The minimum Gasteiger partial charge on any atom is -0.314 e. The summed E-state index contributed by atoms with van der Waals surface area (Å²) < 4.78 is 35.7. The molecule has 1 aliphatic heterocycles. The van der Waals surface area contributed by atoms with Gasteiger partial charge >= 0.3 is 0 Å². The molecular weight excluding hydrogens is 191 g/mol. The lowest BCUT2D eigenvalue weighted by molar-refractivity contribution is 0.361. The van der Waals surface area contributed by atoms with Crippen molar-refractivity contribution in [3.05, 3.63) is 35.9 Å². The summed E-state index contributed by atoms with van der Waals surface area (Å²) in [7, 11) is 0. The van der Waals surface area contributed by atoms with Crippen LogP contribution in [0.2, 0.25) is 0 Å². The van der Waals surface area contributed by atoms with E-state index in [4.69, 9.17) is 0 Å². The van der Waals surface area contributed by atoms with E-state index in [1.807, 2.05) is 0 Å². The number of nitrogens with one attached hydrogen (secondary N) is 1. The lowest BCUT2D eigenvalue weighted by atomic mass is 10.3. The highest BCUT2D eigenvalue weighted by atomic mass is 19.1. The van der Waals surface area contributed by atoms with Gasteiger partial charge in [-0.3, -0.25) is 0 Å². The molecule has 1 nitrogen and oxygen atoms in total. The smallest absolute Gasteiger partial charge is 0.123 e. The summed E-state index contributed by atoms with van der Waals surface area (Å²) in [6.07, 6.45) is 0.144. The van der Waals surface area contributed by atoms with Gasteiger partial charge in [-0.2, -0.15) is 0 Å². The van der Waals surface area contributed by atoms with E-state index in [2.05, 4.69) is 5.32 Å². The minimum atomic E-state index is -0.565. The molecule has 1 fully saturated rings. The van der Waals surface area contributed by atoms with Gasteiger partial charge in [0.1, 0.15) is 17.8 Å². The molecule has 0 bridgehead atoms. The average molecular weight is 203 g/mol. The van der Waals surface area contributed by atoms with Gasteiger partial charge in [0.05, 0.1) is 0 Å². The van der Waals surface area contributed by atoms with Crippen LogP contribution in [-0.4, -0.2) is 19.3 Å². The lowest BCUT2D eigenvalue weighted by Gasteiger charge is -1.86. The second-order valence-electron chi connectivity index (χ2n) is 3.03. The first-order chi connectivity index (χ1) is 6.68. The molecule has 14 heavy (non-hydrogen) atoms. The Kier molecular flexibility index (Phi) is 4.46. The summed E-state index contributed by atoms with van der Waals surface area (Å²) in [5, 5.41) is 2.90. The Morgan fingerprint density at radius 2 is 1.57 bits per heavy atom. The van der Waals surface area contributed by atoms with Gasteiger partial charge < -0.3 is 5.32 Å². The summed E-state index contributed by atoms with van der Waals surface area (Å²) in [5.41, 5.74) is 0. The highest BCUT2D eigenvalue weighted by Crippen LogP contribution is 1.99. The van der Waals surface area contributed by atoms with Crippen molar-refractivity contribution in [2.24, 2.45) is 0 Å². The van der Waals surface area contributed by atoms with Crippen molar-refractivity contribution < 1.29 is 13.2 Å². The fraction of sp³-hybridized carbons (Fsp3) is 0.400. The number of benzene rings is 1. The van der Waals surface area contributed by atoms with E-state index >= 15 is 0 Å². The predicted octanol–water partition coefficient (Wildman–Crippen LogP) is 2.28. The van der Waals surface area contributed by atoms with Gasteiger partial charge in [-0.15, -0.1) is 0 Å². The molecule has 0 saturated carbocycles. The summed E-state index contributed by atoms with van der Waals surface area (Å²) in [6, 6.07) is 4.31. The van der Waals surface area contributed by atoms with Gasteiger partial charge in [0.25, 0.3) is 0 Å². The number of alkyl halides is 1. The molecular formula is C10H12F3N. The maximum absolute atomic E-state index is 11.9. The second kappa shape index (κ2) is 5.65. The molecule has 1 aliphatic rings. The minimum absolute atomic E-state index is 0.411. The molecule has 1 N–H and O–H groups in total. The fourth-order valence-electron chi connectivity index (χ4n) is 1.05. The maximum atomic E-state index is 11.9. The van der Waals surface area contributed by atoms with Crippen molar-refractivity contribution in [3.8, 4) is 0 Å². The van der Waals surface area contributed by atoms with Crippen molar-refractivity contribution in [1.82, 2.24) is 5.32 Å². The van der Waals surface area contributed by atoms with Gasteiger partial charge in [-0.1, -0.05) is 0 Å². The highest BCUT2D eigenvalue weighted by Gasteiger charge is 2.10. The van der Waals surface area contributed by atoms with E-state index < -0.39 is 17.8 Å². The Labute approximate surface area is 80.9 Å². The molecule has 0 aromatic heterocycles. The van der Waals surface area contributed by atoms with Crippen LogP contribution < -0.4 is 5.32 Å². The van der Waals surface area contributed by atoms with Crippen LogP contribution in [0.5, 0.6) is 0 Å². The molecule has 1 atom stereocenters. The van der Waals surface area contributed by atoms with Crippen LogP contribution in [-0.2, 0) is 0 Å². The zero-order valence-corrected chi connectivity index (χ0v) is 7.64. The Balaban J connectivity index is 0.000000146. The Morgan fingerprint density at radius 1 is 1.07 bits per heavy atom. The zero-order chi connectivity index (χ0) is 10.4. The third-order valence-corrected chi connectivity index (χ3v) is 1.80. The Morgan fingerprint density at radius 3 is 1.79 bits per heavy atom. The van der Waals surface area contributed by atoms with E-state index in [-0.39, 0.29) is 0 Å². The lowest BCUT2D eigenvalue weighted by Crippen LogP contribution is -2.08. The number of hydrogen-bond donors (Lipinski definition) is 1. The summed E-state index contributed by atoms with van der Waals surface area (Å²) >= 11 is 0.